The second kappa shape index (κ2) is 8.94. The molecule has 9 heteroatoms. The van der Waals surface area contributed by atoms with E-state index < -0.39 is 11.6 Å². The minimum absolute atomic E-state index is 0.0569. The van der Waals surface area contributed by atoms with Crippen LogP contribution >= 0.6 is 0 Å². The molecule has 3 heterocycles. The lowest BCUT2D eigenvalue weighted by Gasteiger charge is -2.20. The Morgan fingerprint density at radius 3 is 2.25 bits per heavy atom. The van der Waals surface area contributed by atoms with E-state index in [1.165, 1.54) is 9.13 Å². The Morgan fingerprint density at radius 1 is 1.00 bits per heavy atom. The first-order valence-corrected chi connectivity index (χ1v) is 11.1. The quantitative estimate of drug-likeness (QED) is 0.657. The maximum Gasteiger partial charge on any atom is 0.330 e. The molecule has 1 aliphatic heterocycles. The van der Waals surface area contributed by atoms with Crippen molar-refractivity contribution in [1.29, 1.82) is 0 Å². The van der Waals surface area contributed by atoms with Crippen molar-refractivity contribution < 1.29 is 9.59 Å². The highest BCUT2D eigenvalue weighted by molar-refractivity contribution is 6.02. The number of hydrogen-bond acceptors (Lipinski definition) is 5. The minimum Gasteiger partial charge on any atom is -0.364 e. The van der Waals surface area contributed by atoms with E-state index in [2.05, 4.69) is 9.97 Å². The van der Waals surface area contributed by atoms with Crippen LogP contribution in [0, 0.1) is 6.92 Å². The van der Waals surface area contributed by atoms with E-state index in [0.29, 0.717) is 36.7 Å². The van der Waals surface area contributed by atoms with Crippen LogP contribution in [0.3, 0.4) is 0 Å². The number of likely N-dealkylation sites (tertiary alicyclic amines) is 1. The van der Waals surface area contributed by atoms with Gasteiger partial charge in [0.25, 0.3) is 5.91 Å². The molecular formula is C23H28N6O3. The lowest BCUT2D eigenvalue weighted by Crippen LogP contribution is -2.37. The maximum absolute atomic E-state index is 13.2. The second-order valence-electron chi connectivity index (χ2n) is 8.21. The van der Waals surface area contributed by atoms with Gasteiger partial charge >= 0.3 is 5.69 Å². The third-order valence-electron chi connectivity index (χ3n) is 5.96. The highest BCUT2D eigenvalue weighted by Crippen LogP contribution is 2.22. The summed E-state index contributed by atoms with van der Waals surface area (Å²) in [6.45, 7) is 5.31. The van der Waals surface area contributed by atoms with Crippen molar-refractivity contribution >= 4 is 23.0 Å². The zero-order valence-corrected chi connectivity index (χ0v) is 18.5. The normalized spacial score (nSPS) is 14.5. The lowest BCUT2D eigenvalue weighted by atomic mass is 10.1. The molecule has 0 atom stereocenters. The largest absolute Gasteiger partial charge is 0.364 e. The first-order valence-electron chi connectivity index (χ1n) is 11.1. The van der Waals surface area contributed by atoms with E-state index in [-0.39, 0.29) is 23.7 Å². The van der Waals surface area contributed by atoms with E-state index in [4.69, 9.17) is 5.73 Å². The van der Waals surface area contributed by atoms with E-state index in [1.54, 1.807) is 4.90 Å². The molecule has 0 spiro atoms. The van der Waals surface area contributed by atoms with Crippen LogP contribution in [0.5, 0.6) is 0 Å². The molecule has 1 aromatic carbocycles. The lowest BCUT2D eigenvalue weighted by molar-refractivity contribution is -0.131. The second-order valence-corrected chi connectivity index (χ2v) is 8.21. The molecule has 9 nitrogen and oxygen atoms in total. The summed E-state index contributed by atoms with van der Waals surface area (Å²) in [5.74, 6) is -0.610. The first kappa shape index (κ1) is 21.7. The number of rotatable bonds is 5. The van der Waals surface area contributed by atoms with Gasteiger partial charge in [0.05, 0.1) is 0 Å². The highest BCUT2D eigenvalue weighted by atomic mass is 16.2. The molecular weight excluding hydrogens is 408 g/mol. The molecule has 0 saturated carbocycles. The molecule has 2 N–H and O–H groups in total. The van der Waals surface area contributed by atoms with Crippen LogP contribution in [-0.2, 0) is 17.9 Å². The number of imidazole rings is 1. The average Bonchev–Trinajstić information content (AvgIpc) is 2.95. The zero-order chi connectivity index (χ0) is 22.8. The van der Waals surface area contributed by atoms with Gasteiger partial charge in [0.15, 0.2) is 17.2 Å². The summed E-state index contributed by atoms with van der Waals surface area (Å²) in [5, 5.41) is 0. The minimum atomic E-state index is -0.769. The van der Waals surface area contributed by atoms with Crippen molar-refractivity contribution in [2.45, 2.75) is 52.6 Å². The summed E-state index contributed by atoms with van der Waals surface area (Å²) in [6, 6.07) is 7.56. The number of amides is 2. The molecule has 0 radical (unpaired) electrons. The van der Waals surface area contributed by atoms with Crippen LogP contribution in [-0.4, -0.2) is 48.9 Å². The average molecular weight is 437 g/mol. The van der Waals surface area contributed by atoms with Gasteiger partial charge in [-0.25, -0.2) is 14.8 Å². The number of hydrogen-bond donors (Lipinski definition) is 1. The molecule has 4 rings (SSSR count). The first-order chi connectivity index (χ1) is 15.4. The molecule has 1 aliphatic rings. The summed E-state index contributed by atoms with van der Waals surface area (Å²) in [7, 11) is 0. The standard InChI is InChI=1S/C23H28N6O3/c1-3-28-22-19(29(23(28)32)14-17(30)27-12-6-4-5-7-13-27)18(20(24)31)25-21(26-22)16-10-8-15(2)9-11-16/h8-11H,3-7,12-14H2,1-2H3,(H2,24,31). The van der Waals surface area contributed by atoms with Gasteiger partial charge in [0.1, 0.15) is 12.1 Å². The van der Waals surface area contributed by atoms with Crippen LogP contribution in [0.25, 0.3) is 22.6 Å². The molecule has 0 unspecified atom stereocenters. The van der Waals surface area contributed by atoms with Gasteiger partial charge in [-0.1, -0.05) is 42.7 Å². The van der Waals surface area contributed by atoms with Crippen molar-refractivity contribution in [3.8, 4) is 11.4 Å². The fourth-order valence-corrected chi connectivity index (χ4v) is 4.20. The van der Waals surface area contributed by atoms with Crippen molar-refractivity contribution in [3.63, 3.8) is 0 Å². The number of benzene rings is 1. The van der Waals surface area contributed by atoms with Crippen molar-refractivity contribution in [2.75, 3.05) is 13.1 Å². The third kappa shape index (κ3) is 4.02. The molecule has 1 saturated heterocycles. The summed E-state index contributed by atoms with van der Waals surface area (Å²) in [4.78, 5) is 49.4. The number of fused-ring (bicyclic) bond motifs is 1. The van der Waals surface area contributed by atoms with Gasteiger partial charge in [0, 0.05) is 25.2 Å². The monoisotopic (exact) mass is 436 g/mol. The van der Waals surface area contributed by atoms with Crippen LogP contribution in [0.4, 0.5) is 0 Å². The predicted octanol–water partition coefficient (Wildman–Crippen LogP) is 2.09. The number of nitrogens with two attached hydrogens (primary N) is 1. The van der Waals surface area contributed by atoms with Gasteiger partial charge in [-0.15, -0.1) is 0 Å². The fraction of sp³-hybridized carbons (Fsp3) is 0.435. The molecule has 2 amide bonds. The summed E-state index contributed by atoms with van der Waals surface area (Å²) >= 11 is 0. The van der Waals surface area contributed by atoms with E-state index in [1.807, 2.05) is 38.1 Å². The molecule has 0 bridgehead atoms. The van der Waals surface area contributed by atoms with Crippen molar-refractivity contribution in [3.05, 3.63) is 46.0 Å². The van der Waals surface area contributed by atoms with Gasteiger partial charge in [-0.2, -0.15) is 0 Å². The molecule has 32 heavy (non-hydrogen) atoms. The smallest absolute Gasteiger partial charge is 0.330 e. The van der Waals surface area contributed by atoms with Crippen LogP contribution in [0.1, 0.15) is 48.7 Å². The Kier molecular flexibility index (Phi) is 6.07. The molecule has 168 valence electrons. The number of carbonyl (C=O) groups excluding carboxylic acids is 2. The molecule has 0 aliphatic carbocycles. The van der Waals surface area contributed by atoms with Gasteiger partial charge in [-0.05, 0) is 26.7 Å². The Balaban J connectivity index is 1.85. The predicted molar refractivity (Wildman–Crippen MR) is 121 cm³/mol. The highest BCUT2D eigenvalue weighted by Gasteiger charge is 2.25. The number of aromatic nitrogens is 4. The number of aryl methyl sites for hydroxylation is 2. The summed E-state index contributed by atoms with van der Waals surface area (Å²) in [6.07, 6.45) is 4.10. The molecule has 1 fully saturated rings. The topological polar surface area (TPSA) is 116 Å². The summed E-state index contributed by atoms with van der Waals surface area (Å²) < 4.78 is 2.75. The fourth-order valence-electron chi connectivity index (χ4n) is 4.20. The SMILES string of the molecule is CCn1c(=O)n(CC(=O)N2CCCCCC2)c2c(C(N)=O)nc(-c3ccc(C)cc3)nc21. The number of carbonyl (C=O) groups is 2. The van der Waals surface area contributed by atoms with Crippen LogP contribution in [0.15, 0.2) is 29.1 Å². The van der Waals surface area contributed by atoms with E-state index >= 15 is 0 Å². The molecule has 2 aromatic heterocycles. The molecule has 3 aromatic rings. The van der Waals surface area contributed by atoms with Gasteiger partial charge in [-0.3, -0.25) is 18.7 Å². The van der Waals surface area contributed by atoms with Gasteiger partial charge < -0.3 is 10.6 Å². The third-order valence-corrected chi connectivity index (χ3v) is 5.96. The van der Waals surface area contributed by atoms with Crippen molar-refractivity contribution in [1.82, 2.24) is 24.0 Å². The zero-order valence-electron chi connectivity index (χ0n) is 18.5. The van der Waals surface area contributed by atoms with E-state index in [9.17, 15) is 14.4 Å². The number of nitrogens with zero attached hydrogens (tertiary/aromatic N) is 5. The van der Waals surface area contributed by atoms with Gasteiger partial charge in [0.2, 0.25) is 5.91 Å². The van der Waals surface area contributed by atoms with E-state index in [0.717, 1.165) is 31.2 Å². The Morgan fingerprint density at radius 2 is 1.66 bits per heavy atom. The Bertz CT molecular complexity index is 1220. The van der Waals surface area contributed by atoms with Crippen molar-refractivity contribution in [2.24, 2.45) is 5.73 Å². The Hall–Kier alpha value is -3.49. The van der Waals surface area contributed by atoms with Crippen LogP contribution in [0.2, 0.25) is 0 Å². The maximum atomic E-state index is 13.2. The number of primary amides is 1. The van der Waals surface area contributed by atoms with Crippen LogP contribution < -0.4 is 11.4 Å². The Labute approximate surface area is 185 Å². The summed E-state index contributed by atoms with van der Waals surface area (Å²) in [5.41, 5.74) is 7.52.